The lowest BCUT2D eigenvalue weighted by Crippen LogP contribution is -2.21. The fourth-order valence-electron chi connectivity index (χ4n) is 2.64. The van der Waals surface area contributed by atoms with Crippen molar-refractivity contribution in [3.8, 4) is 0 Å². The van der Waals surface area contributed by atoms with Crippen LogP contribution in [0.25, 0.3) is 0 Å². The van der Waals surface area contributed by atoms with Gasteiger partial charge in [0, 0.05) is 24.2 Å². The molecule has 0 bridgehead atoms. The number of carbonyl (C=O) groups excluding carboxylic acids is 2. The summed E-state index contributed by atoms with van der Waals surface area (Å²) in [5.41, 5.74) is 13.0. The molecule has 20 heavy (non-hydrogen) atoms. The molecule has 0 saturated heterocycles. The van der Waals surface area contributed by atoms with Gasteiger partial charge in [-0.2, -0.15) is 0 Å². The lowest BCUT2D eigenvalue weighted by molar-refractivity contribution is 0.0968. The molecule has 0 aliphatic heterocycles. The molecule has 0 saturated carbocycles. The van der Waals surface area contributed by atoms with Gasteiger partial charge in [0.15, 0.2) is 5.78 Å². The highest BCUT2D eigenvalue weighted by molar-refractivity contribution is 7.18. The second-order valence-corrected chi connectivity index (χ2v) is 5.85. The van der Waals surface area contributed by atoms with Crippen LogP contribution in [0, 0.1) is 0 Å². The number of nitrogens with zero attached hydrogens (tertiary/aromatic N) is 1. The molecule has 4 N–H and O–H groups in total. The van der Waals surface area contributed by atoms with Crippen molar-refractivity contribution in [3.63, 3.8) is 0 Å². The largest absolute Gasteiger partial charge is 0.390 e. The van der Waals surface area contributed by atoms with Crippen LogP contribution >= 0.6 is 11.3 Å². The number of ketones is 1. The number of carbonyl (C=O) groups is 2. The number of Topliss-reactive ketones (excluding diaryl/α,β-unsaturated/α-hetero) is 1. The first-order chi connectivity index (χ1) is 9.58. The lowest BCUT2D eigenvalue weighted by Gasteiger charge is -2.21. The Balaban J connectivity index is 2.06. The molecule has 3 rings (SSSR count). The van der Waals surface area contributed by atoms with Crippen molar-refractivity contribution in [1.82, 2.24) is 4.98 Å². The van der Waals surface area contributed by atoms with Crippen LogP contribution in [0.4, 0.5) is 5.00 Å². The summed E-state index contributed by atoms with van der Waals surface area (Å²) in [6.45, 7) is 0. The molecule has 2 heterocycles. The first-order valence-corrected chi connectivity index (χ1v) is 7.04. The van der Waals surface area contributed by atoms with E-state index in [1.54, 1.807) is 6.20 Å². The molecule has 1 amide bonds. The summed E-state index contributed by atoms with van der Waals surface area (Å²) >= 11 is 1.16. The van der Waals surface area contributed by atoms with E-state index in [0.717, 1.165) is 17.0 Å². The van der Waals surface area contributed by atoms with Crippen molar-refractivity contribution in [2.45, 2.75) is 18.8 Å². The Morgan fingerprint density at radius 2 is 2.15 bits per heavy atom. The molecule has 0 aromatic carbocycles. The first-order valence-electron chi connectivity index (χ1n) is 6.23. The summed E-state index contributed by atoms with van der Waals surface area (Å²) < 4.78 is 0. The Kier molecular flexibility index (Phi) is 3.02. The van der Waals surface area contributed by atoms with E-state index in [2.05, 4.69) is 4.98 Å². The minimum Gasteiger partial charge on any atom is -0.390 e. The number of pyridine rings is 1. The summed E-state index contributed by atoms with van der Waals surface area (Å²) in [5.74, 6) is -0.594. The number of aromatic nitrogens is 1. The fraction of sp³-hybridized carbons (Fsp3) is 0.214. The van der Waals surface area contributed by atoms with Gasteiger partial charge < -0.3 is 11.5 Å². The number of anilines is 1. The molecule has 1 unspecified atom stereocenters. The van der Waals surface area contributed by atoms with Gasteiger partial charge in [-0.05, 0) is 24.1 Å². The highest BCUT2D eigenvalue weighted by Crippen LogP contribution is 2.40. The number of fused-ring (bicyclic) bond motifs is 1. The van der Waals surface area contributed by atoms with Crippen molar-refractivity contribution in [2.75, 3.05) is 5.73 Å². The van der Waals surface area contributed by atoms with Gasteiger partial charge in [0.2, 0.25) is 0 Å². The van der Waals surface area contributed by atoms with Crippen LogP contribution in [-0.4, -0.2) is 16.7 Å². The van der Waals surface area contributed by atoms with E-state index >= 15 is 0 Å². The molecule has 5 nitrogen and oxygen atoms in total. The number of nitrogen functional groups attached to an aromatic ring is 1. The monoisotopic (exact) mass is 287 g/mol. The van der Waals surface area contributed by atoms with Gasteiger partial charge in [-0.25, -0.2) is 0 Å². The van der Waals surface area contributed by atoms with Crippen molar-refractivity contribution in [3.05, 3.63) is 46.1 Å². The van der Waals surface area contributed by atoms with Gasteiger partial charge in [0.1, 0.15) is 0 Å². The normalized spacial score (nSPS) is 17.8. The van der Waals surface area contributed by atoms with Crippen LogP contribution in [0.3, 0.4) is 0 Å². The maximum Gasteiger partial charge on any atom is 0.251 e. The minimum atomic E-state index is -0.575. The molecule has 6 heteroatoms. The summed E-state index contributed by atoms with van der Waals surface area (Å²) in [7, 11) is 0. The zero-order chi connectivity index (χ0) is 14.3. The zero-order valence-electron chi connectivity index (χ0n) is 10.6. The van der Waals surface area contributed by atoms with E-state index in [0.29, 0.717) is 33.8 Å². The molecule has 0 spiro atoms. The van der Waals surface area contributed by atoms with Gasteiger partial charge in [0.05, 0.1) is 15.4 Å². The third-order valence-electron chi connectivity index (χ3n) is 3.52. The number of rotatable bonds is 2. The summed E-state index contributed by atoms with van der Waals surface area (Å²) in [6, 6.07) is 5.61. The first kappa shape index (κ1) is 12.8. The van der Waals surface area contributed by atoms with Gasteiger partial charge in [-0.3, -0.25) is 14.6 Å². The number of hydrogen-bond donors (Lipinski definition) is 2. The van der Waals surface area contributed by atoms with Crippen LogP contribution in [0.5, 0.6) is 0 Å². The highest BCUT2D eigenvalue weighted by atomic mass is 32.1. The SMILES string of the molecule is NC(=O)c1c(N)sc2c1CC(c1ccccn1)CC2=O. The summed E-state index contributed by atoms with van der Waals surface area (Å²) in [6.07, 6.45) is 2.67. The number of nitrogens with two attached hydrogens (primary N) is 2. The van der Waals surface area contributed by atoms with Crippen molar-refractivity contribution >= 4 is 28.0 Å². The maximum absolute atomic E-state index is 12.2. The predicted octanol–water partition coefficient (Wildman–Crippen LogP) is 1.74. The molecule has 102 valence electrons. The van der Waals surface area contributed by atoms with Gasteiger partial charge in [0.25, 0.3) is 5.91 Å². The highest BCUT2D eigenvalue weighted by Gasteiger charge is 2.33. The van der Waals surface area contributed by atoms with E-state index in [1.165, 1.54) is 0 Å². The Morgan fingerprint density at radius 1 is 1.35 bits per heavy atom. The third-order valence-corrected chi connectivity index (χ3v) is 4.62. The maximum atomic E-state index is 12.2. The van der Waals surface area contributed by atoms with Crippen LogP contribution in [0.1, 0.15) is 43.6 Å². The van der Waals surface area contributed by atoms with Crippen molar-refractivity contribution in [1.29, 1.82) is 0 Å². The van der Waals surface area contributed by atoms with Crippen molar-refractivity contribution in [2.24, 2.45) is 5.73 Å². The molecule has 1 aliphatic rings. The second kappa shape index (κ2) is 4.72. The minimum absolute atomic E-state index is 0.00565. The second-order valence-electron chi connectivity index (χ2n) is 4.80. The van der Waals surface area contributed by atoms with Crippen LogP contribution in [0.15, 0.2) is 24.4 Å². The topological polar surface area (TPSA) is 99.1 Å². The fourth-order valence-corrected chi connectivity index (χ4v) is 3.69. The lowest BCUT2D eigenvalue weighted by atomic mass is 9.83. The Hall–Kier alpha value is -2.21. The number of thiophene rings is 1. The van der Waals surface area contributed by atoms with Gasteiger partial charge >= 0.3 is 0 Å². The van der Waals surface area contributed by atoms with Crippen molar-refractivity contribution < 1.29 is 9.59 Å². The van der Waals surface area contributed by atoms with E-state index in [4.69, 9.17) is 11.5 Å². The number of amides is 1. The van der Waals surface area contributed by atoms with Gasteiger partial charge in [-0.15, -0.1) is 11.3 Å². The number of hydrogen-bond acceptors (Lipinski definition) is 5. The van der Waals surface area contributed by atoms with Gasteiger partial charge in [-0.1, -0.05) is 6.07 Å². The quantitative estimate of drug-likeness (QED) is 0.878. The zero-order valence-corrected chi connectivity index (χ0v) is 11.4. The predicted molar refractivity (Wildman–Crippen MR) is 76.9 cm³/mol. The molecular formula is C14H13N3O2S. The molecular weight excluding hydrogens is 274 g/mol. The molecule has 2 aromatic rings. The van der Waals surface area contributed by atoms with E-state index < -0.39 is 5.91 Å². The van der Waals surface area contributed by atoms with E-state index in [-0.39, 0.29) is 11.7 Å². The van der Waals surface area contributed by atoms with E-state index in [1.807, 2.05) is 18.2 Å². The third kappa shape index (κ3) is 1.98. The van der Waals surface area contributed by atoms with Crippen LogP contribution in [-0.2, 0) is 6.42 Å². The smallest absolute Gasteiger partial charge is 0.251 e. The Labute approximate surface area is 119 Å². The summed E-state index contributed by atoms with van der Waals surface area (Å²) in [4.78, 5) is 28.6. The number of primary amides is 1. The molecule has 0 radical (unpaired) electrons. The molecule has 1 aliphatic carbocycles. The summed E-state index contributed by atoms with van der Waals surface area (Å²) in [5, 5.41) is 0.331. The Morgan fingerprint density at radius 3 is 2.80 bits per heavy atom. The molecule has 1 atom stereocenters. The van der Waals surface area contributed by atoms with Crippen LogP contribution < -0.4 is 11.5 Å². The average molecular weight is 287 g/mol. The molecule has 2 aromatic heterocycles. The van der Waals surface area contributed by atoms with E-state index in [9.17, 15) is 9.59 Å². The standard InChI is InChI=1S/C14H13N3O2S/c15-13(19)11-8-5-7(9-3-1-2-4-17-9)6-10(18)12(8)20-14(11)16/h1-4,7H,5-6,16H2,(H2,15,19). The Bertz CT molecular complexity index is 694. The average Bonchev–Trinajstić information content (AvgIpc) is 2.76. The van der Waals surface area contributed by atoms with Crippen LogP contribution in [0.2, 0.25) is 0 Å². The molecule has 0 fully saturated rings.